The van der Waals surface area contributed by atoms with Gasteiger partial charge in [-0.1, -0.05) is 28.1 Å². The van der Waals surface area contributed by atoms with Gasteiger partial charge in [-0.15, -0.1) is 0 Å². The lowest BCUT2D eigenvalue weighted by Crippen LogP contribution is -1.96. The van der Waals surface area contributed by atoms with Crippen LogP contribution in [0.3, 0.4) is 0 Å². The van der Waals surface area contributed by atoms with Crippen LogP contribution in [0.5, 0.6) is 0 Å². The molecule has 0 aliphatic carbocycles. The van der Waals surface area contributed by atoms with Crippen molar-refractivity contribution in [1.29, 1.82) is 0 Å². The van der Waals surface area contributed by atoms with Gasteiger partial charge < -0.3 is 9.73 Å². The normalized spacial score (nSPS) is 11.0. The highest BCUT2D eigenvalue weighted by Gasteiger charge is 2.13. The molecule has 0 aliphatic rings. The van der Waals surface area contributed by atoms with Gasteiger partial charge in [0.15, 0.2) is 0 Å². The second kappa shape index (κ2) is 5.65. The lowest BCUT2D eigenvalue weighted by atomic mass is 10.1. The highest BCUT2D eigenvalue weighted by Crippen LogP contribution is 2.34. The standard InChI is InChI=1S/C18H11BrN2O3/c19-11-5-7-17-13(9-11)14-10-12(6-8-18(14)24-17)20-15-3-1-2-4-16(15)21(22)23/h1-10,20H. The molecule has 0 bridgehead atoms. The van der Waals surface area contributed by atoms with Crippen LogP contribution < -0.4 is 5.32 Å². The van der Waals surface area contributed by atoms with Crippen molar-refractivity contribution in [2.45, 2.75) is 0 Å². The van der Waals surface area contributed by atoms with Gasteiger partial charge in [0.2, 0.25) is 0 Å². The van der Waals surface area contributed by atoms with Crippen molar-refractivity contribution in [2.24, 2.45) is 0 Å². The lowest BCUT2D eigenvalue weighted by Gasteiger charge is -2.07. The van der Waals surface area contributed by atoms with Crippen molar-refractivity contribution in [2.75, 3.05) is 5.32 Å². The molecule has 4 aromatic rings. The van der Waals surface area contributed by atoms with Gasteiger partial charge in [-0.25, -0.2) is 0 Å². The molecule has 0 radical (unpaired) electrons. The van der Waals surface area contributed by atoms with E-state index in [-0.39, 0.29) is 5.69 Å². The van der Waals surface area contributed by atoms with Gasteiger partial charge in [0, 0.05) is 27.0 Å². The summed E-state index contributed by atoms with van der Waals surface area (Å²) in [5, 5.41) is 16.2. The van der Waals surface area contributed by atoms with E-state index >= 15 is 0 Å². The Bertz CT molecular complexity index is 1090. The molecule has 5 nitrogen and oxygen atoms in total. The molecule has 0 fully saturated rings. The number of para-hydroxylation sites is 2. The first kappa shape index (κ1) is 14.7. The van der Waals surface area contributed by atoms with E-state index in [4.69, 9.17) is 4.42 Å². The zero-order valence-corrected chi connectivity index (χ0v) is 13.9. The Morgan fingerprint density at radius 1 is 0.958 bits per heavy atom. The molecule has 24 heavy (non-hydrogen) atoms. The van der Waals surface area contributed by atoms with Gasteiger partial charge in [0.05, 0.1) is 4.92 Å². The molecular formula is C18H11BrN2O3. The van der Waals surface area contributed by atoms with Gasteiger partial charge in [0.25, 0.3) is 5.69 Å². The Hall–Kier alpha value is -2.86. The predicted octanol–water partition coefficient (Wildman–Crippen LogP) is 6.00. The minimum Gasteiger partial charge on any atom is -0.456 e. The van der Waals surface area contributed by atoms with Crippen molar-refractivity contribution >= 4 is 54.9 Å². The number of hydrogen-bond donors (Lipinski definition) is 1. The van der Waals surface area contributed by atoms with Gasteiger partial charge in [-0.05, 0) is 42.5 Å². The van der Waals surface area contributed by atoms with E-state index in [2.05, 4.69) is 21.2 Å². The SMILES string of the molecule is O=[N+]([O-])c1ccccc1Nc1ccc2oc3ccc(Br)cc3c2c1. The smallest absolute Gasteiger partial charge is 0.292 e. The molecule has 0 atom stereocenters. The van der Waals surface area contributed by atoms with Crippen LogP contribution in [0.1, 0.15) is 0 Å². The summed E-state index contributed by atoms with van der Waals surface area (Å²) in [5.74, 6) is 0. The van der Waals surface area contributed by atoms with Crippen LogP contribution in [-0.2, 0) is 0 Å². The zero-order chi connectivity index (χ0) is 16.7. The number of nitrogens with one attached hydrogen (secondary N) is 1. The monoisotopic (exact) mass is 382 g/mol. The third kappa shape index (κ3) is 2.51. The third-order valence-electron chi connectivity index (χ3n) is 3.81. The average molecular weight is 383 g/mol. The maximum Gasteiger partial charge on any atom is 0.292 e. The Balaban J connectivity index is 1.82. The van der Waals surface area contributed by atoms with Crippen LogP contribution in [-0.4, -0.2) is 4.92 Å². The number of anilines is 2. The topological polar surface area (TPSA) is 68.3 Å². The van der Waals surface area contributed by atoms with E-state index in [0.29, 0.717) is 5.69 Å². The number of furan rings is 1. The van der Waals surface area contributed by atoms with Crippen molar-refractivity contribution < 1.29 is 9.34 Å². The van der Waals surface area contributed by atoms with Gasteiger partial charge in [-0.2, -0.15) is 0 Å². The molecule has 0 saturated heterocycles. The van der Waals surface area contributed by atoms with E-state index < -0.39 is 4.92 Å². The lowest BCUT2D eigenvalue weighted by molar-refractivity contribution is -0.383. The minimum atomic E-state index is -0.398. The summed E-state index contributed by atoms with van der Waals surface area (Å²) in [6.07, 6.45) is 0. The summed E-state index contributed by atoms with van der Waals surface area (Å²) in [7, 11) is 0. The van der Waals surface area contributed by atoms with Crippen molar-refractivity contribution in [3.63, 3.8) is 0 Å². The summed E-state index contributed by atoms with van der Waals surface area (Å²) in [4.78, 5) is 10.7. The predicted molar refractivity (Wildman–Crippen MR) is 97.8 cm³/mol. The van der Waals surface area contributed by atoms with Crippen LogP contribution in [0.4, 0.5) is 17.1 Å². The van der Waals surface area contributed by atoms with Crippen LogP contribution in [0.25, 0.3) is 21.9 Å². The van der Waals surface area contributed by atoms with Crippen LogP contribution in [0.2, 0.25) is 0 Å². The van der Waals surface area contributed by atoms with Gasteiger partial charge in [0.1, 0.15) is 16.9 Å². The van der Waals surface area contributed by atoms with E-state index in [0.717, 1.165) is 32.1 Å². The molecule has 3 aromatic carbocycles. The number of benzene rings is 3. The Morgan fingerprint density at radius 2 is 1.67 bits per heavy atom. The first-order valence-corrected chi connectivity index (χ1v) is 8.03. The second-order valence-electron chi connectivity index (χ2n) is 5.35. The summed E-state index contributed by atoms with van der Waals surface area (Å²) >= 11 is 3.47. The molecule has 0 unspecified atom stereocenters. The Kier molecular flexibility index (Phi) is 3.46. The average Bonchev–Trinajstić information content (AvgIpc) is 2.92. The van der Waals surface area contributed by atoms with Crippen molar-refractivity contribution in [3.8, 4) is 0 Å². The van der Waals surface area contributed by atoms with Gasteiger partial charge >= 0.3 is 0 Å². The molecule has 0 saturated carbocycles. The number of fused-ring (bicyclic) bond motifs is 3. The summed E-state index contributed by atoms with van der Waals surface area (Å²) in [6.45, 7) is 0. The first-order valence-electron chi connectivity index (χ1n) is 7.24. The molecule has 0 spiro atoms. The van der Waals surface area contributed by atoms with E-state index in [9.17, 15) is 10.1 Å². The van der Waals surface area contributed by atoms with Crippen LogP contribution in [0, 0.1) is 10.1 Å². The molecule has 0 amide bonds. The fraction of sp³-hybridized carbons (Fsp3) is 0. The summed E-state index contributed by atoms with van der Waals surface area (Å²) in [6, 6.07) is 18.0. The molecule has 1 heterocycles. The highest BCUT2D eigenvalue weighted by atomic mass is 79.9. The fourth-order valence-electron chi connectivity index (χ4n) is 2.72. The number of rotatable bonds is 3. The van der Waals surface area contributed by atoms with E-state index in [1.807, 2.05) is 36.4 Å². The van der Waals surface area contributed by atoms with E-state index in [1.165, 1.54) is 6.07 Å². The maximum absolute atomic E-state index is 11.1. The second-order valence-corrected chi connectivity index (χ2v) is 6.27. The minimum absolute atomic E-state index is 0.0393. The van der Waals surface area contributed by atoms with Crippen LogP contribution >= 0.6 is 15.9 Å². The van der Waals surface area contributed by atoms with Crippen molar-refractivity contribution in [1.82, 2.24) is 0 Å². The molecule has 6 heteroatoms. The first-order chi connectivity index (χ1) is 11.6. The zero-order valence-electron chi connectivity index (χ0n) is 12.3. The number of nitro groups is 1. The number of hydrogen-bond acceptors (Lipinski definition) is 4. The molecule has 4 rings (SSSR count). The number of nitrogens with zero attached hydrogens (tertiary/aromatic N) is 1. The van der Waals surface area contributed by atoms with Crippen molar-refractivity contribution in [3.05, 3.63) is 75.3 Å². The fourth-order valence-corrected chi connectivity index (χ4v) is 3.08. The molecule has 0 aliphatic heterocycles. The maximum atomic E-state index is 11.1. The largest absolute Gasteiger partial charge is 0.456 e. The highest BCUT2D eigenvalue weighted by molar-refractivity contribution is 9.10. The number of nitro benzene ring substituents is 1. The third-order valence-corrected chi connectivity index (χ3v) is 4.30. The Morgan fingerprint density at radius 3 is 2.46 bits per heavy atom. The summed E-state index contributed by atoms with van der Waals surface area (Å²) in [5.41, 5.74) is 2.83. The van der Waals surface area contributed by atoms with Gasteiger partial charge in [-0.3, -0.25) is 10.1 Å². The molecule has 118 valence electrons. The number of halogens is 1. The summed E-state index contributed by atoms with van der Waals surface area (Å²) < 4.78 is 6.79. The molecular weight excluding hydrogens is 372 g/mol. The quantitative estimate of drug-likeness (QED) is 0.348. The van der Waals surface area contributed by atoms with E-state index in [1.54, 1.807) is 18.2 Å². The Labute approximate surface area is 145 Å². The molecule has 1 aromatic heterocycles. The van der Waals surface area contributed by atoms with Crippen LogP contribution in [0.15, 0.2) is 69.6 Å². The molecule has 1 N–H and O–H groups in total.